The Morgan fingerprint density at radius 2 is 2.39 bits per heavy atom. The van der Waals surface area contributed by atoms with Gasteiger partial charge < -0.3 is 21.1 Å². The number of anilines is 2. The molecular formula is C13H19N3O2. The summed E-state index contributed by atoms with van der Waals surface area (Å²) in [4.78, 5) is 11.1. The number of benzene rings is 1. The fourth-order valence-corrected chi connectivity index (χ4v) is 1.93. The van der Waals surface area contributed by atoms with Gasteiger partial charge in [0.1, 0.15) is 5.75 Å². The van der Waals surface area contributed by atoms with Gasteiger partial charge in [0.25, 0.3) is 0 Å². The normalized spacial score (nSPS) is 18.5. The van der Waals surface area contributed by atoms with Crippen molar-refractivity contribution in [2.45, 2.75) is 25.8 Å². The van der Waals surface area contributed by atoms with Crippen LogP contribution in [0.25, 0.3) is 0 Å². The Morgan fingerprint density at radius 3 is 3.06 bits per heavy atom. The maximum atomic E-state index is 11.1. The van der Waals surface area contributed by atoms with E-state index in [4.69, 9.17) is 10.5 Å². The summed E-state index contributed by atoms with van der Waals surface area (Å²) in [5.74, 6) is 0.767. The van der Waals surface area contributed by atoms with E-state index in [2.05, 4.69) is 10.6 Å². The lowest BCUT2D eigenvalue weighted by molar-refractivity contribution is -0.119. The Morgan fingerprint density at radius 1 is 1.56 bits per heavy atom. The number of para-hydroxylation sites is 1. The third-order valence-corrected chi connectivity index (χ3v) is 2.86. The second kappa shape index (κ2) is 5.62. The number of carbonyl (C=O) groups excluding carboxylic acids is 1. The molecule has 98 valence electrons. The Kier molecular flexibility index (Phi) is 3.92. The van der Waals surface area contributed by atoms with E-state index < -0.39 is 0 Å². The smallest absolute Gasteiger partial charge is 0.222 e. The van der Waals surface area contributed by atoms with E-state index in [1.807, 2.05) is 25.1 Å². The van der Waals surface area contributed by atoms with Crippen LogP contribution < -0.4 is 21.1 Å². The molecule has 2 rings (SSSR count). The second-order valence-electron chi connectivity index (χ2n) is 4.42. The molecule has 1 fully saturated rings. The van der Waals surface area contributed by atoms with E-state index in [0.29, 0.717) is 31.0 Å². The van der Waals surface area contributed by atoms with Crippen LogP contribution in [0, 0.1) is 0 Å². The summed E-state index contributed by atoms with van der Waals surface area (Å²) in [5, 5.41) is 6.05. The largest absolute Gasteiger partial charge is 0.491 e. The van der Waals surface area contributed by atoms with E-state index in [9.17, 15) is 4.79 Å². The number of carbonyl (C=O) groups is 1. The Hall–Kier alpha value is -1.91. The van der Waals surface area contributed by atoms with Gasteiger partial charge in [-0.1, -0.05) is 13.0 Å². The van der Waals surface area contributed by atoms with E-state index in [1.165, 1.54) is 0 Å². The highest BCUT2D eigenvalue weighted by Crippen LogP contribution is 2.30. The maximum absolute atomic E-state index is 11.1. The van der Waals surface area contributed by atoms with Crippen molar-refractivity contribution < 1.29 is 9.53 Å². The zero-order valence-corrected chi connectivity index (χ0v) is 10.5. The third kappa shape index (κ3) is 2.85. The van der Waals surface area contributed by atoms with Crippen LogP contribution in [0.2, 0.25) is 0 Å². The molecule has 1 aliphatic rings. The molecular weight excluding hydrogens is 230 g/mol. The number of rotatable bonds is 5. The highest BCUT2D eigenvalue weighted by atomic mass is 16.5. The predicted molar refractivity (Wildman–Crippen MR) is 71.7 cm³/mol. The number of nitrogens with two attached hydrogens (primary N) is 1. The summed E-state index contributed by atoms with van der Waals surface area (Å²) < 4.78 is 5.56. The number of hydrogen-bond donors (Lipinski definition) is 3. The van der Waals surface area contributed by atoms with Crippen LogP contribution in [-0.2, 0) is 4.79 Å². The summed E-state index contributed by atoms with van der Waals surface area (Å²) in [6, 6.07) is 5.75. The van der Waals surface area contributed by atoms with Crippen LogP contribution in [0.1, 0.15) is 19.8 Å². The van der Waals surface area contributed by atoms with Crippen molar-refractivity contribution in [2.24, 2.45) is 0 Å². The zero-order valence-electron chi connectivity index (χ0n) is 10.5. The standard InChI is InChI=1S/C13H19N3O2/c1-2-6-18-11-5-3-4-10(13(11)14)16-9-7-12(17)15-8-9/h3-5,9,16H,2,6-8,14H2,1H3,(H,15,17). The molecule has 4 N–H and O–H groups in total. The topological polar surface area (TPSA) is 76.4 Å². The summed E-state index contributed by atoms with van der Waals surface area (Å²) >= 11 is 0. The lowest BCUT2D eigenvalue weighted by Gasteiger charge is -2.16. The van der Waals surface area contributed by atoms with Gasteiger partial charge in [0.05, 0.1) is 24.0 Å². The fraction of sp³-hybridized carbons (Fsp3) is 0.462. The monoisotopic (exact) mass is 249 g/mol. The van der Waals surface area contributed by atoms with Crippen molar-refractivity contribution in [3.8, 4) is 5.75 Å². The van der Waals surface area contributed by atoms with Crippen LogP contribution >= 0.6 is 0 Å². The molecule has 0 aromatic heterocycles. The first-order valence-corrected chi connectivity index (χ1v) is 6.25. The van der Waals surface area contributed by atoms with Gasteiger partial charge in [-0.05, 0) is 18.6 Å². The minimum atomic E-state index is 0.0736. The number of amides is 1. The van der Waals surface area contributed by atoms with Gasteiger partial charge in [-0.3, -0.25) is 4.79 Å². The van der Waals surface area contributed by atoms with Gasteiger partial charge in [0, 0.05) is 13.0 Å². The Bertz CT molecular complexity index is 434. The summed E-state index contributed by atoms with van der Waals surface area (Å²) in [6.07, 6.45) is 1.43. The van der Waals surface area contributed by atoms with Crippen molar-refractivity contribution >= 4 is 17.3 Å². The molecule has 0 aliphatic carbocycles. The molecule has 0 saturated carbocycles. The molecule has 0 spiro atoms. The molecule has 5 heteroatoms. The van der Waals surface area contributed by atoms with Crippen LogP contribution in [0.3, 0.4) is 0 Å². The predicted octanol–water partition coefficient (Wildman–Crippen LogP) is 1.36. The average molecular weight is 249 g/mol. The van der Waals surface area contributed by atoms with Gasteiger partial charge in [-0.2, -0.15) is 0 Å². The van der Waals surface area contributed by atoms with Crippen molar-refractivity contribution in [3.63, 3.8) is 0 Å². The van der Waals surface area contributed by atoms with Gasteiger partial charge in [-0.15, -0.1) is 0 Å². The molecule has 1 saturated heterocycles. The van der Waals surface area contributed by atoms with Crippen LogP contribution in [-0.4, -0.2) is 25.1 Å². The van der Waals surface area contributed by atoms with Crippen molar-refractivity contribution in [3.05, 3.63) is 18.2 Å². The third-order valence-electron chi connectivity index (χ3n) is 2.86. The maximum Gasteiger partial charge on any atom is 0.222 e. The number of nitrogens with one attached hydrogen (secondary N) is 2. The Labute approximate surface area is 107 Å². The molecule has 1 amide bonds. The highest BCUT2D eigenvalue weighted by molar-refractivity contribution is 5.81. The lowest BCUT2D eigenvalue weighted by Crippen LogP contribution is -2.22. The quantitative estimate of drug-likeness (QED) is 0.689. The van der Waals surface area contributed by atoms with Gasteiger partial charge in [0.15, 0.2) is 0 Å². The van der Waals surface area contributed by atoms with Crippen LogP contribution in [0.4, 0.5) is 11.4 Å². The SMILES string of the molecule is CCCOc1cccc(NC2CNC(=O)C2)c1N. The van der Waals surface area contributed by atoms with E-state index in [-0.39, 0.29) is 11.9 Å². The van der Waals surface area contributed by atoms with E-state index >= 15 is 0 Å². The van der Waals surface area contributed by atoms with Gasteiger partial charge >= 0.3 is 0 Å². The minimum absolute atomic E-state index is 0.0736. The average Bonchev–Trinajstić information content (AvgIpc) is 2.76. The first kappa shape index (κ1) is 12.5. The van der Waals surface area contributed by atoms with Crippen LogP contribution in [0.5, 0.6) is 5.75 Å². The molecule has 1 aromatic carbocycles. The van der Waals surface area contributed by atoms with Crippen molar-refractivity contribution in [1.82, 2.24) is 5.32 Å². The molecule has 1 aromatic rings. The summed E-state index contributed by atoms with van der Waals surface area (Å²) in [7, 11) is 0. The molecule has 18 heavy (non-hydrogen) atoms. The molecule has 1 unspecified atom stereocenters. The van der Waals surface area contributed by atoms with Crippen LogP contribution in [0.15, 0.2) is 18.2 Å². The number of hydrogen-bond acceptors (Lipinski definition) is 4. The summed E-state index contributed by atoms with van der Waals surface area (Å²) in [5.41, 5.74) is 7.47. The molecule has 0 radical (unpaired) electrons. The van der Waals surface area contributed by atoms with E-state index in [0.717, 1.165) is 12.1 Å². The fourth-order valence-electron chi connectivity index (χ4n) is 1.93. The zero-order chi connectivity index (χ0) is 13.0. The molecule has 5 nitrogen and oxygen atoms in total. The van der Waals surface area contributed by atoms with E-state index in [1.54, 1.807) is 0 Å². The highest BCUT2D eigenvalue weighted by Gasteiger charge is 2.21. The minimum Gasteiger partial charge on any atom is -0.491 e. The molecule has 0 bridgehead atoms. The summed E-state index contributed by atoms with van der Waals surface area (Å²) in [6.45, 7) is 3.34. The molecule has 1 atom stereocenters. The first-order chi connectivity index (χ1) is 8.70. The van der Waals surface area contributed by atoms with Crippen molar-refractivity contribution in [2.75, 3.05) is 24.2 Å². The molecule has 1 aliphatic heterocycles. The van der Waals surface area contributed by atoms with Gasteiger partial charge in [0.2, 0.25) is 5.91 Å². The molecule has 1 heterocycles. The second-order valence-corrected chi connectivity index (χ2v) is 4.42. The lowest BCUT2D eigenvalue weighted by atomic mass is 10.2. The van der Waals surface area contributed by atoms with Gasteiger partial charge in [-0.25, -0.2) is 0 Å². The Balaban J connectivity index is 2.05. The number of ether oxygens (including phenoxy) is 1. The van der Waals surface area contributed by atoms with Crippen molar-refractivity contribution in [1.29, 1.82) is 0 Å². The number of nitrogen functional groups attached to an aromatic ring is 1. The first-order valence-electron chi connectivity index (χ1n) is 6.25.